The minimum absolute atomic E-state index is 0.0254. The van der Waals surface area contributed by atoms with E-state index in [0.717, 1.165) is 39.3 Å². The van der Waals surface area contributed by atoms with E-state index in [9.17, 15) is 4.79 Å². The standard InChI is InChI=1S/C19H31N5O2/c1-3-8-21-18(25)14-23-19(20-2)22-13-16-6-4-5-7-17(16)15-24-9-11-26-12-10-24/h4-7H,3,8-15H2,1-2H3,(H,21,25)(H2,20,22,23). The molecule has 0 atom stereocenters. The van der Waals surface area contributed by atoms with Crippen molar-refractivity contribution in [3.8, 4) is 0 Å². The van der Waals surface area contributed by atoms with Gasteiger partial charge in [-0.15, -0.1) is 0 Å². The molecule has 1 aliphatic heterocycles. The third kappa shape index (κ3) is 7.01. The molecular formula is C19H31N5O2. The number of ether oxygens (including phenoxy) is 1. The van der Waals surface area contributed by atoms with Crippen LogP contribution in [-0.2, 0) is 22.6 Å². The summed E-state index contributed by atoms with van der Waals surface area (Å²) in [6, 6.07) is 8.42. The lowest BCUT2D eigenvalue weighted by Crippen LogP contribution is -2.43. The number of hydrogen-bond acceptors (Lipinski definition) is 4. The molecule has 0 bridgehead atoms. The fourth-order valence-electron chi connectivity index (χ4n) is 2.77. The van der Waals surface area contributed by atoms with Gasteiger partial charge in [0.1, 0.15) is 0 Å². The summed E-state index contributed by atoms with van der Waals surface area (Å²) in [6.07, 6.45) is 0.929. The van der Waals surface area contributed by atoms with E-state index >= 15 is 0 Å². The lowest BCUT2D eigenvalue weighted by molar-refractivity contribution is -0.120. The van der Waals surface area contributed by atoms with Crippen LogP contribution < -0.4 is 16.0 Å². The summed E-state index contributed by atoms with van der Waals surface area (Å²) < 4.78 is 5.42. The number of guanidine groups is 1. The summed E-state index contributed by atoms with van der Waals surface area (Å²) in [5.41, 5.74) is 2.54. The molecule has 0 unspecified atom stereocenters. The molecule has 1 aromatic rings. The monoisotopic (exact) mass is 361 g/mol. The third-order valence-corrected chi connectivity index (χ3v) is 4.27. The molecule has 7 nitrogen and oxygen atoms in total. The molecule has 0 radical (unpaired) electrons. The molecule has 1 aromatic carbocycles. The Hall–Kier alpha value is -2.12. The molecule has 1 amide bonds. The lowest BCUT2D eigenvalue weighted by Gasteiger charge is -2.27. The molecule has 1 heterocycles. The van der Waals surface area contributed by atoms with Gasteiger partial charge in [-0.25, -0.2) is 0 Å². The van der Waals surface area contributed by atoms with Crippen LogP contribution in [0.1, 0.15) is 24.5 Å². The van der Waals surface area contributed by atoms with E-state index < -0.39 is 0 Å². The second-order valence-electron chi connectivity index (χ2n) is 6.29. The number of morpholine rings is 1. The number of benzene rings is 1. The molecular weight excluding hydrogens is 330 g/mol. The van der Waals surface area contributed by atoms with Gasteiger partial charge in [-0.05, 0) is 17.5 Å². The van der Waals surface area contributed by atoms with Gasteiger partial charge in [0.05, 0.1) is 19.8 Å². The Morgan fingerprint density at radius 3 is 2.58 bits per heavy atom. The first-order valence-electron chi connectivity index (χ1n) is 9.31. The van der Waals surface area contributed by atoms with E-state index in [-0.39, 0.29) is 12.5 Å². The van der Waals surface area contributed by atoms with Gasteiger partial charge in [0, 0.05) is 39.8 Å². The van der Waals surface area contributed by atoms with Crippen LogP contribution in [-0.4, -0.2) is 63.2 Å². The van der Waals surface area contributed by atoms with Crippen LogP contribution in [0.15, 0.2) is 29.3 Å². The van der Waals surface area contributed by atoms with Gasteiger partial charge in [-0.1, -0.05) is 31.2 Å². The zero-order valence-electron chi connectivity index (χ0n) is 15.9. The predicted molar refractivity (Wildman–Crippen MR) is 104 cm³/mol. The SMILES string of the molecule is CCCNC(=O)CNC(=NC)NCc1ccccc1CN1CCOCC1. The second-order valence-corrected chi connectivity index (χ2v) is 6.29. The number of hydrogen-bond donors (Lipinski definition) is 3. The van der Waals surface area contributed by atoms with E-state index in [1.54, 1.807) is 7.05 Å². The largest absolute Gasteiger partial charge is 0.379 e. The Morgan fingerprint density at radius 1 is 1.15 bits per heavy atom. The molecule has 1 saturated heterocycles. The van der Waals surface area contributed by atoms with E-state index in [1.165, 1.54) is 11.1 Å². The van der Waals surface area contributed by atoms with E-state index in [0.29, 0.717) is 19.0 Å². The molecule has 0 aromatic heterocycles. The number of rotatable bonds is 8. The van der Waals surface area contributed by atoms with Crippen LogP contribution in [0.3, 0.4) is 0 Å². The van der Waals surface area contributed by atoms with E-state index in [1.807, 2.05) is 13.0 Å². The average molecular weight is 361 g/mol. The van der Waals surface area contributed by atoms with Crippen molar-refractivity contribution < 1.29 is 9.53 Å². The maximum Gasteiger partial charge on any atom is 0.239 e. The number of carbonyl (C=O) groups is 1. The molecule has 26 heavy (non-hydrogen) atoms. The van der Waals surface area contributed by atoms with Crippen LogP contribution in [0.2, 0.25) is 0 Å². The summed E-state index contributed by atoms with van der Waals surface area (Å²) in [5.74, 6) is 0.598. The van der Waals surface area contributed by atoms with Crippen molar-refractivity contribution in [3.05, 3.63) is 35.4 Å². The summed E-state index contributed by atoms with van der Waals surface area (Å²) in [5, 5.41) is 9.18. The second kappa shape index (κ2) is 11.5. The van der Waals surface area contributed by atoms with Crippen molar-refractivity contribution in [3.63, 3.8) is 0 Å². The fourth-order valence-corrected chi connectivity index (χ4v) is 2.77. The summed E-state index contributed by atoms with van der Waals surface area (Å²) >= 11 is 0. The van der Waals surface area contributed by atoms with Gasteiger partial charge in [-0.2, -0.15) is 0 Å². The molecule has 1 aliphatic rings. The molecule has 2 rings (SSSR count). The van der Waals surface area contributed by atoms with Gasteiger partial charge >= 0.3 is 0 Å². The van der Waals surface area contributed by atoms with Crippen molar-refractivity contribution in [1.29, 1.82) is 0 Å². The van der Waals surface area contributed by atoms with Crippen molar-refractivity contribution in [2.45, 2.75) is 26.4 Å². The Bertz CT molecular complexity index is 585. The normalized spacial score (nSPS) is 15.5. The zero-order chi connectivity index (χ0) is 18.6. The summed E-state index contributed by atoms with van der Waals surface area (Å²) in [6.45, 7) is 8.08. The fraction of sp³-hybridized carbons (Fsp3) is 0.579. The highest BCUT2D eigenvalue weighted by molar-refractivity contribution is 5.86. The number of amides is 1. The molecule has 0 aliphatic carbocycles. The Labute approximate surface area is 156 Å². The highest BCUT2D eigenvalue weighted by Gasteiger charge is 2.13. The smallest absolute Gasteiger partial charge is 0.239 e. The predicted octanol–water partition coefficient (Wildman–Crippen LogP) is 0.710. The van der Waals surface area contributed by atoms with Crippen LogP contribution in [0, 0.1) is 0 Å². The minimum Gasteiger partial charge on any atom is -0.379 e. The molecule has 3 N–H and O–H groups in total. The molecule has 144 valence electrons. The topological polar surface area (TPSA) is 78.0 Å². The highest BCUT2D eigenvalue weighted by atomic mass is 16.5. The van der Waals surface area contributed by atoms with Gasteiger partial charge in [0.15, 0.2) is 5.96 Å². The van der Waals surface area contributed by atoms with E-state index in [2.05, 4.69) is 44.0 Å². The van der Waals surface area contributed by atoms with Crippen LogP contribution in [0.5, 0.6) is 0 Å². The van der Waals surface area contributed by atoms with Gasteiger partial charge < -0.3 is 20.7 Å². The van der Waals surface area contributed by atoms with Crippen molar-refractivity contribution >= 4 is 11.9 Å². The van der Waals surface area contributed by atoms with Crippen molar-refractivity contribution in [2.24, 2.45) is 4.99 Å². The molecule has 0 saturated carbocycles. The third-order valence-electron chi connectivity index (χ3n) is 4.27. The highest BCUT2D eigenvalue weighted by Crippen LogP contribution is 2.12. The number of aliphatic imine (C=N–C) groups is 1. The van der Waals surface area contributed by atoms with Crippen molar-refractivity contribution in [2.75, 3.05) is 46.4 Å². The summed E-state index contributed by atoms with van der Waals surface area (Å²) in [4.78, 5) is 18.3. The Morgan fingerprint density at radius 2 is 1.88 bits per heavy atom. The lowest BCUT2D eigenvalue weighted by atomic mass is 10.1. The van der Waals surface area contributed by atoms with Crippen LogP contribution in [0.25, 0.3) is 0 Å². The zero-order valence-corrected chi connectivity index (χ0v) is 15.9. The molecule has 7 heteroatoms. The molecule has 0 spiro atoms. The van der Waals surface area contributed by atoms with E-state index in [4.69, 9.17) is 4.74 Å². The first-order valence-corrected chi connectivity index (χ1v) is 9.31. The van der Waals surface area contributed by atoms with Crippen LogP contribution in [0.4, 0.5) is 0 Å². The molecule has 1 fully saturated rings. The Kier molecular flexibility index (Phi) is 8.92. The number of nitrogens with one attached hydrogen (secondary N) is 3. The van der Waals surface area contributed by atoms with Crippen molar-refractivity contribution in [1.82, 2.24) is 20.9 Å². The maximum absolute atomic E-state index is 11.7. The number of nitrogens with zero attached hydrogens (tertiary/aromatic N) is 2. The van der Waals surface area contributed by atoms with Gasteiger partial charge in [0.25, 0.3) is 0 Å². The average Bonchev–Trinajstić information content (AvgIpc) is 2.68. The number of carbonyl (C=O) groups excluding carboxylic acids is 1. The summed E-state index contributed by atoms with van der Waals surface area (Å²) in [7, 11) is 1.71. The first kappa shape index (κ1) is 20.2. The maximum atomic E-state index is 11.7. The minimum atomic E-state index is -0.0254. The van der Waals surface area contributed by atoms with Crippen LogP contribution >= 0.6 is 0 Å². The van der Waals surface area contributed by atoms with Gasteiger partial charge in [0.2, 0.25) is 5.91 Å². The quantitative estimate of drug-likeness (QED) is 0.470. The Balaban J connectivity index is 1.84. The van der Waals surface area contributed by atoms with Gasteiger partial charge in [-0.3, -0.25) is 14.7 Å². The first-order chi connectivity index (χ1) is 12.7.